The monoisotopic (exact) mass is 543 g/mol. The molecule has 11 nitrogen and oxygen atoms in total. The maximum Gasteiger partial charge on any atom is 0.326 e. The number of carbonyl (C=O) groups excluding carboxylic acids is 1. The molecule has 0 radical (unpaired) electrons. The minimum Gasteiger partial charge on any atom is -0.506 e. The van der Waals surface area contributed by atoms with Crippen molar-refractivity contribution in [2.45, 2.75) is 17.4 Å². The van der Waals surface area contributed by atoms with Gasteiger partial charge in [-0.3, -0.25) is 4.79 Å². The Balaban J connectivity index is 1.63. The van der Waals surface area contributed by atoms with Crippen molar-refractivity contribution in [2.24, 2.45) is 0 Å². The van der Waals surface area contributed by atoms with E-state index in [1.165, 1.54) is 30.3 Å². The summed E-state index contributed by atoms with van der Waals surface area (Å²) in [6.07, 6.45) is 0.0441. The lowest BCUT2D eigenvalue weighted by Gasteiger charge is -2.24. The molecule has 0 spiro atoms. The number of phenolic OH excluding ortho intramolecular Hbond substituents is 1. The van der Waals surface area contributed by atoms with Crippen LogP contribution in [0.4, 0.5) is 17.1 Å². The third kappa shape index (κ3) is 5.85. The van der Waals surface area contributed by atoms with Gasteiger partial charge in [-0.25, -0.2) is 22.2 Å². The van der Waals surface area contributed by atoms with Crippen molar-refractivity contribution in [2.75, 3.05) is 21.9 Å². The average molecular weight is 544 g/mol. The van der Waals surface area contributed by atoms with E-state index in [0.29, 0.717) is 16.9 Å². The number of amides is 1. The molecular weight excluding hydrogens is 518 g/mol. The quantitative estimate of drug-likeness (QED) is 0.254. The van der Waals surface area contributed by atoms with E-state index >= 15 is 0 Å². The summed E-state index contributed by atoms with van der Waals surface area (Å²) in [4.78, 5) is 11.6. The van der Waals surface area contributed by atoms with Crippen LogP contribution >= 0.6 is 0 Å². The second-order valence-corrected chi connectivity index (χ2v) is 11.6. The summed E-state index contributed by atoms with van der Waals surface area (Å²) in [6.45, 7) is 3.54. The Morgan fingerprint density at radius 1 is 1.11 bits per heavy atom. The van der Waals surface area contributed by atoms with Gasteiger partial charge in [0.2, 0.25) is 10.0 Å². The van der Waals surface area contributed by atoms with Crippen molar-refractivity contribution in [3.63, 3.8) is 0 Å². The number of benzene rings is 3. The molecule has 1 aliphatic heterocycles. The molecule has 3 aromatic rings. The molecule has 0 aromatic heterocycles. The fourth-order valence-electron chi connectivity index (χ4n) is 3.77. The Hall–Kier alpha value is -4.07. The number of rotatable bonds is 9. The van der Waals surface area contributed by atoms with Gasteiger partial charge in [-0.1, -0.05) is 43.0 Å². The highest BCUT2D eigenvalue weighted by molar-refractivity contribution is 7.92. The number of aromatic hydroxyl groups is 1. The number of nitrogens with two attached hydrogens (primary N) is 1. The first-order valence-corrected chi connectivity index (χ1v) is 13.9. The molecule has 1 atom stereocenters. The van der Waals surface area contributed by atoms with Gasteiger partial charge in [-0.05, 0) is 48.4 Å². The SMILES string of the molecule is C=C(Nc1ccccc1N)[C@@H](Cc1ccc(N2CC(=O)NS2(=O)=O)c(O)c1)NS(=O)(=O)c1ccccc1. The molecule has 0 saturated carbocycles. The zero-order valence-electron chi connectivity index (χ0n) is 19.5. The van der Waals surface area contributed by atoms with Crippen LogP contribution in [0, 0.1) is 0 Å². The van der Waals surface area contributed by atoms with E-state index in [1.54, 1.807) is 42.5 Å². The molecule has 1 amide bonds. The molecular formula is C24H25N5O6S2. The van der Waals surface area contributed by atoms with Gasteiger partial charge >= 0.3 is 10.2 Å². The number of sulfonamides is 1. The molecule has 37 heavy (non-hydrogen) atoms. The Morgan fingerprint density at radius 3 is 2.41 bits per heavy atom. The summed E-state index contributed by atoms with van der Waals surface area (Å²) in [7, 11) is -8.07. The number of hydrogen-bond acceptors (Lipinski definition) is 8. The second kappa shape index (κ2) is 10.1. The molecule has 1 heterocycles. The summed E-state index contributed by atoms with van der Waals surface area (Å²) >= 11 is 0. The van der Waals surface area contributed by atoms with Crippen LogP contribution in [0.2, 0.25) is 0 Å². The Labute approximate surface area is 214 Å². The van der Waals surface area contributed by atoms with E-state index in [1.807, 2.05) is 4.72 Å². The number of nitrogens with zero attached hydrogens (tertiary/aromatic N) is 1. The van der Waals surface area contributed by atoms with E-state index in [0.717, 1.165) is 4.31 Å². The van der Waals surface area contributed by atoms with Gasteiger partial charge in [0.1, 0.15) is 12.3 Å². The molecule has 6 N–H and O–H groups in total. The molecule has 0 aliphatic carbocycles. The third-order valence-corrected chi connectivity index (χ3v) is 8.48. The zero-order chi connectivity index (χ0) is 26.8. The second-order valence-electron chi connectivity index (χ2n) is 8.29. The first-order valence-electron chi connectivity index (χ1n) is 11.0. The molecule has 194 valence electrons. The van der Waals surface area contributed by atoms with Crippen LogP contribution in [0.3, 0.4) is 0 Å². The van der Waals surface area contributed by atoms with Crippen molar-refractivity contribution in [3.05, 3.63) is 90.6 Å². The first-order chi connectivity index (χ1) is 17.5. The van der Waals surface area contributed by atoms with Gasteiger partial charge < -0.3 is 16.2 Å². The summed E-state index contributed by atoms with van der Waals surface area (Å²) in [5.41, 5.74) is 7.66. The number of nitrogens with one attached hydrogen (secondary N) is 3. The summed E-state index contributed by atoms with van der Waals surface area (Å²) in [5, 5.41) is 13.6. The lowest BCUT2D eigenvalue weighted by Crippen LogP contribution is -2.39. The first kappa shape index (κ1) is 26.0. The molecule has 1 fully saturated rings. The van der Waals surface area contributed by atoms with Crippen molar-refractivity contribution < 1.29 is 26.7 Å². The minimum atomic E-state index is -4.11. The van der Waals surface area contributed by atoms with E-state index in [-0.39, 0.29) is 22.7 Å². The number of para-hydroxylation sites is 2. The van der Waals surface area contributed by atoms with Gasteiger partial charge in [0, 0.05) is 5.70 Å². The Bertz CT molecular complexity index is 1560. The van der Waals surface area contributed by atoms with Crippen LogP contribution in [0.25, 0.3) is 0 Å². The highest BCUT2D eigenvalue weighted by Crippen LogP contribution is 2.32. The van der Waals surface area contributed by atoms with E-state index in [9.17, 15) is 26.7 Å². The number of phenols is 1. The molecule has 1 aliphatic rings. The molecule has 13 heteroatoms. The van der Waals surface area contributed by atoms with E-state index in [2.05, 4.69) is 16.6 Å². The van der Waals surface area contributed by atoms with Crippen LogP contribution in [0.15, 0.2) is 90.0 Å². The largest absolute Gasteiger partial charge is 0.506 e. The number of nitrogen functional groups attached to an aromatic ring is 1. The smallest absolute Gasteiger partial charge is 0.326 e. The summed E-state index contributed by atoms with van der Waals surface area (Å²) < 4.78 is 55.7. The predicted octanol–water partition coefficient (Wildman–Crippen LogP) is 1.67. The average Bonchev–Trinajstić information content (AvgIpc) is 3.12. The van der Waals surface area contributed by atoms with Crippen molar-refractivity contribution >= 4 is 43.2 Å². The number of anilines is 3. The van der Waals surface area contributed by atoms with Gasteiger partial charge in [-0.15, -0.1) is 0 Å². The van der Waals surface area contributed by atoms with Crippen molar-refractivity contribution in [1.29, 1.82) is 0 Å². The maximum atomic E-state index is 13.1. The lowest BCUT2D eigenvalue weighted by molar-refractivity contribution is -0.117. The van der Waals surface area contributed by atoms with E-state index < -0.39 is 44.5 Å². The van der Waals surface area contributed by atoms with Gasteiger partial charge in [0.25, 0.3) is 5.91 Å². The van der Waals surface area contributed by atoms with Gasteiger partial charge in [-0.2, -0.15) is 8.42 Å². The van der Waals surface area contributed by atoms with Crippen LogP contribution in [-0.2, 0) is 31.4 Å². The topological polar surface area (TPSA) is 171 Å². The fourth-order valence-corrected chi connectivity index (χ4v) is 6.18. The number of carbonyl (C=O) groups is 1. The predicted molar refractivity (Wildman–Crippen MR) is 140 cm³/mol. The number of hydrogen-bond donors (Lipinski definition) is 5. The lowest BCUT2D eigenvalue weighted by atomic mass is 10.0. The molecule has 4 rings (SSSR count). The van der Waals surface area contributed by atoms with Crippen LogP contribution in [0.5, 0.6) is 5.75 Å². The highest BCUT2D eigenvalue weighted by atomic mass is 32.2. The summed E-state index contributed by atoms with van der Waals surface area (Å²) in [5.74, 6) is -1.12. The molecule has 3 aromatic carbocycles. The summed E-state index contributed by atoms with van der Waals surface area (Å²) in [6, 6.07) is 18.0. The van der Waals surface area contributed by atoms with Crippen LogP contribution in [0.1, 0.15) is 5.56 Å². The Kier molecular flexibility index (Phi) is 7.12. The molecule has 0 bridgehead atoms. The van der Waals surface area contributed by atoms with Crippen LogP contribution in [-0.4, -0.2) is 40.4 Å². The standard InChI is InChI=1S/C24H25N5O6S2/c1-16(26-20-10-6-5-9-19(20)25)21(27-36(32,33)18-7-3-2-4-8-18)13-17-11-12-22(23(30)14-17)29-15-24(31)28-37(29,34)35/h2-12,14,21,26-27,30H,1,13,15,25H2,(H,28,31)/t21-/m1/s1. The normalized spacial score (nSPS) is 15.7. The molecule has 1 saturated heterocycles. The molecule has 0 unspecified atom stereocenters. The Morgan fingerprint density at radius 2 is 1.78 bits per heavy atom. The third-order valence-electron chi connectivity index (χ3n) is 5.60. The van der Waals surface area contributed by atoms with Gasteiger partial charge in [0.05, 0.1) is 28.0 Å². The van der Waals surface area contributed by atoms with Crippen LogP contribution < -0.4 is 24.8 Å². The maximum absolute atomic E-state index is 13.1. The van der Waals surface area contributed by atoms with Gasteiger partial charge in [0.15, 0.2) is 0 Å². The van der Waals surface area contributed by atoms with E-state index in [4.69, 9.17) is 5.73 Å². The fraction of sp³-hybridized carbons (Fsp3) is 0.125. The van der Waals surface area contributed by atoms with Crippen molar-refractivity contribution in [1.82, 2.24) is 9.44 Å². The zero-order valence-corrected chi connectivity index (χ0v) is 21.1. The minimum absolute atomic E-state index is 0.0441. The van der Waals surface area contributed by atoms with Crippen molar-refractivity contribution in [3.8, 4) is 5.75 Å². The highest BCUT2D eigenvalue weighted by Gasteiger charge is 2.35.